The smallest absolute Gasteiger partial charge is 0.264 e. The maximum Gasteiger partial charge on any atom is 0.264 e. The van der Waals surface area contributed by atoms with E-state index in [1.54, 1.807) is 67.6 Å². The first-order valence-electron chi connectivity index (χ1n) is 12.4. The number of carbonyl (C=O) groups excluding carboxylic acids is 2. The summed E-state index contributed by atoms with van der Waals surface area (Å²) in [4.78, 5) is 28.4. The fourth-order valence-corrected chi connectivity index (χ4v) is 5.69. The number of anilines is 1. The van der Waals surface area contributed by atoms with Gasteiger partial charge in [0.1, 0.15) is 12.6 Å². The van der Waals surface area contributed by atoms with Gasteiger partial charge in [0.25, 0.3) is 10.0 Å². The molecule has 1 N–H and O–H groups in total. The highest BCUT2D eigenvalue weighted by Gasteiger charge is 2.34. The van der Waals surface area contributed by atoms with E-state index in [-0.39, 0.29) is 28.1 Å². The Labute approximate surface area is 240 Å². The molecule has 0 unspecified atom stereocenters. The Kier molecular flexibility index (Phi) is 9.69. The lowest BCUT2D eigenvalue weighted by Crippen LogP contribution is -2.54. The van der Waals surface area contributed by atoms with E-state index in [2.05, 4.69) is 5.32 Å². The Hall–Kier alpha value is -3.07. The summed E-state index contributed by atoms with van der Waals surface area (Å²) in [6, 6.07) is 18.8. The lowest BCUT2D eigenvalue weighted by molar-refractivity contribution is -0.140. The normalized spacial score (nSPS) is 12.5. The van der Waals surface area contributed by atoms with Crippen LogP contribution in [0.1, 0.15) is 38.8 Å². The topological polar surface area (TPSA) is 86.8 Å². The fourth-order valence-electron chi connectivity index (χ4n) is 3.85. The van der Waals surface area contributed by atoms with Gasteiger partial charge in [-0.1, -0.05) is 65.2 Å². The van der Waals surface area contributed by atoms with Gasteiger partial charge in [-0.2, -0.15) is 0 Å². The number of carbonyl (C=O) groups is 2. The average Bonchev–Trinajstić information content (AvgIpc) is 2.86. The molecule has 208 valence electrons. The van der Waals surface area contributed by atoms with E-state index in [0.29, 0.717) is 5.02 Å². The molecule has 0 heterocycles. The fraction of sp³-hybridized carbons (Fsp3) is 0.310. The minimum Gasteiger partial charge on any atom is -0.350 e. The number of rotatable bonds is 9. The van der Waals surface area contributed by atoms with E-state index in [0.717, 1.165) is 15.4 Å². The molecule has 0 aliphatic rings. The van der Waals surface area contributed by atoms with Crippen molar-refractivity contribution in [3.05, 3.63) is 94.0 Å². The molecule has 0 saturated heterocycles. The highest BCUT2D eigenvalue weighted by Crippen LogP contribution is 2.31. The van der Waals surface area contributed by atoms with Gasteiger partial charge in [-0.25, -0.2) is 8.42 Å². The standard InChI is InChI=1S/C29H33Cl2N3O4S/c1-20-10-16-24(17-11-20)39(37,38)34(26-9-7-6-8-25(26)31)19-27(35)33(18-22-12-14-23(30)15-13-22)21(2)28(36)32-29(3,4)5/h6-17,21H,18-19H2,1-5H3,(H,32,36)/t21-/m1/s1. The van der Waals surface area contributed by atoms with Gasteiger partial charge in [0.2, 0.25) is 11.8 Å². The van der Waals surface area contributed by atoms with Gasteiger partial charge < -0.3 is 10.2 Å². The first-order chi connectivity index (χ1) is 18.2. The molecule has 0 spiro atoms. The average molecular weight is 591 g/mol. The molecule has 0 bridgehead atoms. The van der Waals surface area contributed by atoms with Gasteiger partial charge in [0, 0.05) is 17.1 Å². The number of nitrogens with zero attached hydrogens (tertiary/aromatic N) is 2. The largest absolute Gasteiger partial charge is 0.350 e. The van der Waals surface area contributed by atoms with Crippen LogP contribution in [0.15, 0.2) is 77.7 Å². The third-order valence-electron chi connectivity index (χ3n) is 5.94. The van der Waals surface area contributed by atoms with Crippen LogP contribution in [0.4, 0.5) is 5.69 Å². The minimum absolute atomic E-state index is 0.0172. The van der Waals surface area contributed by atoms with E-state index in [4.69, 9.17) is 23.2 Å². The molecule has 0 aliphatic carbocycles. The zero-order valence-corrected chi connectivity index (χ0v) is 24.9. The van der Waals surface area contributed by atoms with Crippen molar-refractivity contribution >= 4 is 50.7 Å². The summed E-state index contributed by atoms with van der Waals surface area (Å²) >= 11 is 12.5. The summed E-state index contributed by atoms with van der Waals surface area (Å²) in [6.45, 7) is 8.49. The van der Waals surface area contributed by atoms with Crippen molar-refractivity contribution in [3.63, 3.8) is 0 Å². The third-order valence-corrected chi connectivity index (χ3v) is 8.29. The van der Waals surface area contributed by atoms with Crippen LogP contribution in [0.25, 0.3) is 0 Å². The Morgan fingerprint density at radius 3 is 2.08 bits per heavy atom. The molecule has 3 rings (SSSR count). The quantitative estimate of drug-likeness (QED) is 0.340. The number of hydrogen-bond donors (Lipinski definition) is 1. The summed E-state index contributed by atoms with van der Waals surface area (Å²) in [5.41, 5.74) is 1.25. The van der Waals surface area contributed by atoms with Crippen LogP contribution in [0, 0.1) is 6.92 Å². The Bertz CT molecular complexity index is 1420. The molecule has 0 aromatic heterocycles. The van der Waals surface area contributed by atoms with Gasteiger partial charge in [0.05, 0.1) is 15.6 Å². The summed E-state index contributed by atoms with van der Waals surface area (Å²) in [6.07, 6.45) is 0. The number of nitrogens with one attached hydrogen (secondary N) is 1. The second-order valence-corrected chi connectivity index (χ2v) is 13.0. The van der Waals surface area contributed by atoms with Gasteiger partial charge in [-0.15, -0.1) is 0 Å². The Morgan fingerprint density at radius 1 is 0.923 bits per heavy atom. The summed E-state index contributed by atoms with van der Waals surface area (Å²) in [5.74, 6) is -0.937. The molecule has 7 nitrogen and oxygen atoms in total. The zero-order chi connectivity index (χ0) is 29.0. The second kappa shape index (κ2) is 12.4. The number of halogens is 2. The first-order valence-corrected chi connectivity index (χ1v) is 14.6. The van der Waals surface area contributed by atoms with Crippen molar-refractivity contribution in [1.82, 2.24) is 10.2 Å². The van der Waals surface area contributed by atoms with Crippen LogP contribution in [0.3, 0.4) is 0 Å². The van der Waals surface area contributed by atoms with E-state index in [1.807, 2.05) is 27.7 Å². The van der Waals surface area contributed by atoms with Crippen molar-refractivity contribution in [3.8, 4) is 0 Å². The lowest BCUT2D eigenvalue weighted by Gasteiger charge is -2.33. The highest BCUT2D eigenvalue weighted by molar-refractivity contribution is 7.92. The maximum atomic E-state index is 13.9. The predicted molar refractivity (Wildman–Crippen MR) is 157 cm³/mol. The van der Waals surface area contributed by atoms with Crippen molar-refractivity contribution in [2.45, 2.75) is 57.6 Å². The van der Waals surface area contributed by atoms with Gasteiger partial charge in [-0.05, 0) is 76.6 Å². The van der Waals surface area contributed by atoms with Crippen LogP contribution in [-0.4, -0.2) is 43.3 Å². The van der Waals surface area contributed by atoms with Crippen molar-refractivity contribution in [2.75, 3.05) is 10.8 Å². The van der Waals surface area contributed by atoms with Gasteiger partial charge in [0.15, 0.2) is 0 Å². The van der Waals surface area contributed by atoms with Gasteiger partial charge in [-0.3, -0.25) is 13.9 Å². The second-order valence-electron chi connectivity index (χ2n) is 10.3. The molecule has 3 aromatic carbocycles. The van der Waals surface area contributed by atoms with Gasteiger partial charge >= 0.3 is 0 Å². The van der Waals surface area contributed by atoms with Crippen LogP contribution in [-0.2, 0) is 26.2 Å². The SMILES string of the molecule is Cc1ccc(S(=O)(=O)N(CC(=O)N(Cc2ccc(Cl)cc2)[C@H](C)C(=O)NC(C)(C)C)c2ccccc2Cl)cc1. The van der Waals surface area contributed by atoms with Crippen LogP contribution < -0.4 is 9.62 Å². The van der Waals surface area contributed by atoms with E-state index in [1.165, 1.54) is 17.0 Å². The number of sulfonamides is 1. The zero-order valence-electron chi connectivity index (χ0n) is 22.6. The molecule has 0 fully saturated rings. The molecule has 39 heavy (non-hydrogen) atoms. The Morgan fingerprint density at radius 2 is 1.51 bits per heavy atom. The molecule has 0 saturated carbocycles. The third kappa shape index (κ3) is 7.97. The number of amides is 2. The summed E-state index contributed by atoms with van der Waals surface area (Å²) in [7, 11) is -4.19. The van der Waals surface area contributed by atoms with Crippen LogP contribution in [0.2, 0.25) is 10.0 Å². The molecule has 1 atom stereocenters. The maximum absolute atomic E-state index is 13.9. The highest BCUT2D eigenvalue weighted by atomic mass is 35.5. The summed E-state index contributed by atoms with van der Waals surface area (Å²) in [5, 5.41) is 3.60. The molecular weight excluding hydrogens is 557 g/mol. The molecule has 0 aliphatic heterocycles. The number of benzene rings is 3. The van der Waals surface area contributed by atoms with E-state index >= 15 is 0 Å². The molecule has 2 amide bonds. The first kappa shape index (κ1) is 30.5. The van der Waals surface area contributed by atoms with Crippen LogP contribution in [0.5, 0.6) is 0 Å². The Balaban J connectivity index is 2.04. The lowest BCUT2D eigenvalue weighted by atomic mass is 10.1. The van der Waals surface area contributed by atoms with E-state index in [9.17, 15) is 18.0 Å². The van der Waals surface area contributed by atoms with E-state index < -0.39 is 34.1 Å². The van der Waals surface area contributed by atoms with Crippen molar-refractivity contribution in [2.24, 2.45) is 0 Å². The molecule has 0 radical (unpaired) electrons. The number of aryl methyl sites for hydroxylation is 1. The van der Waals surface area contributed by atoms with Crippen LogP contribution >= 0.6 is 23.2 Å². The monoisotopic (exact) mass is 589 g/mol. The molecule has 3 aromatic rings. The summed E-state index contributed by atoms with van der Waals surface area (Å²) < 4.78 is 28.7. The predicted octanol–water partition coefficient (Wildman–Crippen LogP) is 5.83. The minimum atomic E-state index is -4.19. The molecule has 10 heteroatoms. The van der Waals surface area contributed by atoms with Crippen molar-refractivity contribution < 1.29 is 18.0 Å². The molecular formula is C29H33Cl2N3O4S. The van der Waals surface area contributed by atoms with Crippen molar-refractivity contribution in [1.29, 1.82) is 0 Å². The number of para-hydroxylation sites is 1. The number of hydrogen-bond acceptors (Lipinski definition) is 4.